The number of carbonyl (C=O) groups is 2. The Morgan fingerprint density at radius 2 is 2.00 bits per heavy atom. The zero-order chi connectivity index (χ0) is 20.9. The predicted molar refractivity (Wildman–Crippen MR) is 106 cm³/mol. The molecule has 4 rings (SSSR count). The predicted octanol–water partition coefficient (Wildman–Crippen LogP) is 4.88. The highest BCUT2D eigenvalue weighted by Crippen LogP contribution is 2.44. The second kappa shape index (κ2) is 7.16. The number of halogens is 2. The number of hydrogen-bond acceptors (Lipinski definition) is 6. The summed E-state index contributed by atoms with van der Waals surface area (Å²) in [6, 6.07) is 5.17. The fraction of sp³-hybridized carbons (Fsp3) is 0.150. The Bertz CT molecular complexity index is 1170. The van der Waals surface area contributed by atoms with Crippen molar-refractivity contribution in [2.24, 2.45) is 0 Å². The molecule has 0 saturated carbocycles. The van der Waals surface area contributed by atoms with Crippen LogP contribution in [0, 0.1) is 25.5 Å². The van der Waals surface area contributed by atoms with E-state index < -0.39 is 35.1 Å². The number of hydrogen-bond donors (Lipinski definition) is 1. The molecule has 1 aromatic carbocycles. The number of amides is 1. The Morgan fingerprint density at radius 1 is 1.24 bits per heavy atom. The molecule has 1 unspecified atom stereocenters. The molecule has 1 N–H and O–H groups in total. The highest BCUT2D eigenvalue weighted by molar-refractivity contribution is 7.14. The summed E-state index contributed by atoms with van der Waals surface area (Å²) in [7, 11) is 0. The van der Waals surface area contributed by atoms with Gasteiger partial charge in [0.2, 0.25) is 5.78 Å². The molecule has 1 aliphatic heterocycles. The standard InChI is InChI=1S/C20H14F2N2O3S2/c1-9-19(29-10(2)23-9)17(25)15-16(14-4-3-7-28-14)24(20(27)18(15)26)13-6-5-11(21)8-12(13)22/h3-8,16,26H,1-2H3. The number of rotatable bonds is 4. The van der Waals surface area contributed by atoms with E-state index in [1.165, 1.54) is 11.3 Å². The summed E-state index contributed by atoms with van der Waals surface area (Å²) in [5.41, 5.74) is 0.121. The summed E-state index contributed by atoms with van der Waals surface area (Å²) in [4.78, 5) is 32.3. The molecule has 3 heterocycles. The first kappa shape index (κ1) is 19.4. The molecule has 0 spiro atoms. The largest absolute Gasteiger partial charge is 0.503 e. The highest BCUT2D eigenvalue weighted by atomic mass is 32.1. The molecule has 0 fully saturated rings. The average molecular weight is 432 g/mol. The zero-order valence-electron chi connectivity index (χ0n) is 15.3. The minimum atomic E-state index is -1.03. The van der Waals surface area contributed by atoms with E-state index in [0.29, 0.717) is 26.5 Å². The minimum Gasteiger partial charge on any atom is -0.503 e. The van der Waals surface area contributed by atoms with Gasteiger partial charge in [0, 0.05) is 10.9 Å². The average Bonchev–Trinajstić information content (AvgIpc) is 3.35. The van der Waals surface area contributed by atoms with Gasteiger partial charge in [-0.25, -0.2) is 13.8 Å². The smallest absolute Gasteiger partial charge is 0.294 e. The SMILES string of the molecule is Cc1nc(C)c(C(=O)C2=C(O)C(=O)N(c3ccc(F)cc3F)C2c2cccs2)s1. The third-order valence-electron chi connectivity index (χ3n) is 4.54. The van der Waals surface area contributed by atoms with Gasteiger partial charge in [0.25, 0.3) is 5.91 Å². The monoisotopic (exact) mass is 432 g/mol. The summed E-state index contributed by atoms with van der Waals surface area (Å²) in [5.74, 6) is -3.97. The van der Waals surface area contributed by atoms with Crippen LogP contribution in [0.3, 0.4) is 0 Å². The number of aromatic nitrogens is 1. The van der Waals surface area contributed by atoms with Crippen molar-refractivity contribution in [2.45, 2.75) is 19.9 Å². The van der Waals surface area contributed by atoms with Crippen LogP contribution in [0.25, 0.3) is 0 Å². The molecule has 0 radical (unpaired) electrons. The van der Waals surface area contributed by atoms with E-state index in [1.54, 1.807) is 31.4 Å². The molecular weight excluding hydrogens is 418 g/mol. The first-order valence-corrected chi connectivity index (χ1v) is 10.2. The number of aryl methyl sites for hydroxylation is 2. The quantitative estimate of drug-likeness (QED) is 0.597. The van der Waals surface area contributed by atoms with Gasteiger partial charge in [-0.1, -0.05) is 6.07 Å². The lowest BCUT2D eigenvalue weighted by atomic mass is 10.00. The number of benzene rings is 1. The number of anilines is 1. The third kappa shape index (κ3) is 3.16. The molecule has 5 nitrogen and oxygen atoms in total. The maximum Gasteiger partial charge on any atom is 0.294 e. The van der Waals surface area contributed by atoms with Crippen LogP contribution in [0.2, 0.25) is 0 Å². The van der Waals surface area contributed by atoms with Gasteiger partial charge in [-0.3, -0.25) is 14.5 Å². The summed E-state index contributed by atoms with van der Waals surface area (Å²) in [6.45, 7) is 3.42. The molecule has 1 atom stereocenters. The van der Waals surface area contributed by atoms with Crippen LogP contribution < -0.4 is 4.90 Å². The van der Waals surface area contributed by atoms with Crippen molar-refractivity contribution in [2.75, 3.05) is 4.90 Å². The van der Waals surface area contributed by atoms with Crippen molar-refractivity contribution in [1.82, 2.24) is 4.98 Å². The number of carbonyl (C=O) groups excluding carboxylic acids is 2. The summed E-state index contributed by atoms with van der Waals surface area (Å²) < 4.78 is 27.9. The minimum absolute atomic E-state index is 0.145. The van der Waals surface area contributed by atoms with Gasteiger partial charge in [0.15, 0.2) is 5.76 Å². The molecule has 0 bridgehead atoms. The lowest BCUT2D eigenvalue weighted by Gasteiger charge is -2.26. The maximum absolute atomic E-state index is 14.5. The number of Topliss-reactive ketones (excluding diaryl/α,β-unsaturated/α-hetero) is 1. The molecule has 1 aliphatic rings. The van der Waals surface area contributed by atoms with Gasteiger partial charge < -0.3 is 5.11 Å². The Kier molecular flexibility index (Phi) is 4.79. The molecule has 29 heavy (non-hydrogen) atoms. The number of aliphatic hydroxyl groups is 1. The topological polar surface area (TPSA) is 70.5 Å². The molecule has 3 aromatic rings. The highest BCUT2D eigenvalue weighted by Gasteiger charge is 2.46. The number of thiophene rings is 1. The fourth-order valence-electron chi connectivity index (χ4n) is 3.34. The normalized spacial score (nSPS) is 16.8. The molecule has 1 amide bonds. The van der Waals surface area contributed by atoms with Gasteiger partial charge in [-0.05, 0) is 37.4 Å². The molecule has 0 aliphatic carbocycles. The van der Waals surface area contributed by atoms with Crippen molar-refractivity contribution < 1.29 is 23.5 Å². The Morgan fingerprint density at radius 3 is 2.59 bits per heavy atom. The van der Waals surface area contributed by atoms with Crippen LogP contribution in [-0.2, 0) is 4.79 Å². The first-order chi connectivity index (χ1) is 13.8. The second-order valence-electron chi connectivity index (χ2n) is 6.43. The van der Waals surface area contributed by atoms with Crippen molar-refractivity contribution >= 4 is 40.1 Å². The molecule has 148 valence electrons. The molecule has 0 saturated heterocycles. The van der Waals surface area contributed by atoms with E-state index in [1.807, 2.05) is 0 Å². The van der Waals surface area contributed by atoms with E-state index in [2.05, 4.69) is 4.98 Å². The molecular formula is C20H14F2N2O3S2. The Balaban J connectivity index is 1.89. The number of aliphatic hydroxyl groups excluding tert-OH is 1. The van der Waals surface area contributed by atoms with Crippen molar-refractivity contribution in [3.8, 4) is 0 Å². The van der Waals surface area contributed by atoms with Crippen LogP contribution in [0.5, 0.6) is 0 Å². The van der Waals surface area contributed by atoms with E-state index in [-0.39, 0.29) is 11.3 Å². The summed E-state index contributed by atoms with van der Waals surface area (Å²) in [5, 5.41) is 13.0. The number of thiazole rings is 1. The van der Waals surface area contributed by atoms with Gasteiger partial charge >= 0.3 is 0 Å². The summed E-state index contributed by atoms with van der Waals surface area (Å²) in [6.07, 6.45) is 0. The number of nitrogens with zero attached hydrogens (tertiary/aromatic N) is 2. The van der Waals surface area contributed by atoms with Crippen molar-refractivity contribution in [3.63, 3.8) is 0 Å². The Labute approximate surface area is 172 Å². The number of ketones is 1. The Hall–Kier alpha value is -2.91. The third-order valence-corrected chi connectivity index (χ3v) is 6.54. The van der Waals surface area contributed by atoms with Crippen molar-refractivity contribution in [1.29, 1.82) is 0 Å². The van der Waals surface area contributed by atoms with Gasteiger partial charge in [0.1, 0.15) is 17.7 Å². The van der Waals surface area contributed by atoms with Gasteiger partial charge in [0.05, 0.1) is 26.8 Å². The zero-order valence-corrected chi connectivity index (χ0v) is 16.9. The van der Waals surface area contributed by atoms with Crippen LogP contribution in [0.15, 0.2) is 47.0 Å². The van der Waals surface area contributed by atoms with Crippen LogP contribution in [0.4, 0.5) is 14.5 Å². The van der Waals surface area contributed by atoms with E-state index in [0.717, 1.165) is 28.4 Å². The van der Waals surface area contributed by atoms with Gasteiger partial charge in [-0.15, -0.1) is 22.7 Å². The van der Waals surface area contributed by atoms with E-state index in [4.69, 9.17) is 0 Å². The molecule has 9 heteroatoms. The lowest BCUT2D eigenvalue weighted by molar-refractivity contribution is -0.117. The van der Waals surface area contributed by atoms with E-state index >= 15 is 0 Å². The van der Waals surface area contributed by atoms with E-state index in [9.17, 15) is 23.5 Å². The second-order valence-corrected chi connectivity index (χ2v) is 8.61. The maximum atomic E-state index is 14.5. The first-order valence-electron chi connectivity index (χ1n) is 8.53. The van der Waals surface area contributed by atoms with Crippen LogP contribution >= 0.6 is 22.7 Å². The van der Waals surface area contributed by atoms with Gasteiger partial charge in [-0.2, -0.15) is 0 Å². The fourth-order valence-corrected chi connectivity index (χ4v) is 5.04. The lowest BCUT2D eigenvalue weighted by Crippen LogP contribution is -2.31. The van der Waals surface area contributed by atoms with Crippen molar-refractivity contribution in [3.05, 3.63) is 79.1 Å². The van der Waals surface area contributed by atoms with Crippen LogP contribution in [-0.4, -0.2) is 21.8 Å². The van der Waals surface area contributed by atoms with Crippen LogP contribution in [0.1, 0.15) is 31.3 Å². The summed E-state index contributed by atoms with van der Waals surface area (Å²) >= 11 is 2.42. The molecule has 2 aromatic heterocycles.